The molecule has 2 N–H and O–H groups in total. The molecule has 0 bridgehead atoms. The molecule has 0 spiro atoms. The molecule has 6 heteroatoms. The van der Waals surface area contributed by atoms with Crippen molar-refractivity contribution in [3.8, 4) is 11.5 Å². The first-order valence-corrected chi connectivity index (χ1v) is 7.80. The molecule has 0 aliphatic heterocycles. The van der Waals surface area contributed by atoms with Crippen LogP contribution < -0.4 is 4.90 Å². The van der Waals surface area contributed by atoms with Gasteiger partial charge < -0.3 is 19.8 Å². The number of hydrogen-bond donors (Lipinski definition) is 2. The highest BCUT2D eigenvalue weighted by atomic mass is 16.5. The summed E-state index contributed by atoms with van der Waals surface area (Å²) in [5, 5.41) is 19.0. The Morgan fingerprint density at radius 2 is 1.84 bits per heavy atom. The van der Waals surface area contributed by atoms with E-state index >= 15 is 0 Å². The quantitative estimate of drug-likeness (QED) is 0.478. The fourth-order valence-corrected chi connectivity index (χ4v) is 2.29. The number of anilines is 1. The van der Waals surface area contributed by atoms with Crippen LogP contribution in [0.15, 0.2) is 47.5 Å². The minimum absolute atomic E-state index is 0.206. The van der Waals surface area contributed by atoms with Gasteiger partial charge in [0.25, 0.3) is 0 Å². The zero-order chi connectivity index (χ0) is 18.4. The highest BCUT2D eigenvalue weighted by Gasteiger charge is 2.18. The number of benzene rings is 2. The summed E-state index contributed by atoms with van der Waals surface area (Å²) in [6.07, 6.45) is 1.88. The van der Waals surface area contributed by atoms with Crippen LogP contribution in [-0.4, -0.2) is 49.6 Å². The molecule has 2 aromatic carbocycles. The number of nitrogens with zero attached hydrogens (tertiary/aromatic N) is 2. The Morgan fingerprint density at radius 3 is 2.40 bits per heavy atom. The van der Waals surface area contributed by atoms with Crippen molar-refractivity contribution >= 4 is 17.9 Å². The highest BCUT2D eigenvalue weighted by Crippen LogP contribution is 2.25. The zero-order valence-corrected chi connectivity index (χ0v) is 14.5. The van der Waals surface area contributed by atoms with Gasteiger partial charge in [-0.15, -0.1) is 0 Å². The summed E-state index contributed by atoms with van der Waals surface area (Å²) >= 11 is 0. The lowest BCUT2D eigenvalue weighted by atomic mass is 10.1. The molecule has 0 heterocycles. The molecule has 2 aromatic rings. The number of aliphatic imine (C=N–C) groups is 1. The van der Waals surface area contributed by atoms with Crippen LogP contribution in [0.1, 0.15) is 11.1 Å². The van der Waals surface area contributed by atoms with Crippen molar-refractivity contribution in [2.45, 2.75) is 12.5 Å². The van der Waals surface area contributed by atoms with E-state index in [0.29, 0.717) is 5.56 Å². The second kappa shape index (κ2) is 8.19. The first-order chi connectivity index (χ1) is 11.9. The van der Waals surface area contributed by atoms with E-state index in [4.69, 9.17) is 4.74 Å². The van der Waals surface area contributed by atoms with Gasteiger partial charge >= 0.3 is 5.97 Å². The van der Waals surface area contributed by atoms with Gasteiger partial charge in [0.05, 0.1) is 7.11 Å². The van der Waals surface area contributed by atoms with E-state index in [1.54, 1.807) is 12.3 Å². The Morgan fingerprint density at radius 1 is 1.16 bits per heavy atom. The number of phenolic OH excluding ortho intramolecular Hbond substituents is 2. The second-order valence-electron chi connectivity index (χ2n) is 5.83. The SMILES string of the molecule is COC(=O)[C@H](Cc1ccc(O)c(O)c1)N=Cc1ccc(N(C)C)cc1. The van der Waals surface area contributed by atoms with Gasteiger partial charge in [-0.2, -0.15) is 0 Å². The molecule has 0 fully saturated rings. The number of hydrogen-bond acceptors (Lipinski definition) is 6. The zero-order valence-electron chi connectivity index (χ0n) is 14.5. The summed E-state index contributed by atoms with van der Waals surface area (Å²) < 4.78 is 4.81. The largest absolute Gasteiger partial charge is 0.504 e. The smallest absolute Gasteiger partial charge is 0.330 e. The van der Waals surface area contributed by atoms with E-state index in [2.05, 4.69) is 4.99 Å². The summed E-state index contributed by atoms with van der Waals surface area (Å²) in [6, 6.07) is 11.4. The molecular weight excluding hydrogens is 320 g/mol. The second-order valence-corrected chi connectivity index (χ2v) is 5.83. The summed E-state index contributed by atoms with van der Waals surface area (Å²) in [7, 11) is 5.23. The third-order valence-electron chi connectivity index (χ3n) is 3.76. The topological polar surface area (TPSA) is 82.4 Å². The molecule has 0 aliphatic carbocycles. The average molecular weight is 342 g/mol. The summed E-state index contributed by atoms with van der Waals surface area (Å²) in [5.41, 5.74) is 2.61. The number of esters is 1. The molecule has 6 nitrogen and oxygen atoms in total. The average Bonchev–Trinajstić information content (AvgIpc) is 2.61. The van der Waals surface area contributed by atoms with Crippen LogP contribution in [-0.2, 0) is 16.0 Å². The predicted molar refractivity (Wildman–Crippen MR) is 97.6 cm³/mol. The van der Waals surface area contributed by atoms with Gasteiger partial charge in [0.15, 0.2) is 17.5 Å². The van der Waals surface area contributed by atoms with Gasteiger partial charge in [0, 0.05) is 32.4 Å². The molecule has 0 saturated carbocycles. The minimum Gasteiger partial charge on any atom is -0.504 e. The Hall–Kier alpha value is -3.02. The van der Waals surface area contributed by atoms with Crippen LogP contribution in [0.25, 0.3) is 0 Å². The molecule has 0 aliphatic rings. The lowest BCUT2D eigenvalue weighted by Gasteiger charge is -2.12. The van der Waals surface area contributed by atoms with Gasteiger partial charge in [-0.05, 0) is 35.4 Å². The van der Waals surface area contributed by atoms with Crippen molar-refractivity contribution < 1.29 is 19.7 Å². The minimum atomic E-state index is -0.734. The number of methoxy groups -OCH3 is 1. The van der Waals surface area contributed by atoms with E-state index < -0.39 is 12.0 Å². The molecule has 132 valence electrons. The van der Waals surface area contributed by atoms with Gasteiger partial charge in [-0.1, -0.05) is 18.2 Å². The third kappa shape index (κ3) is 4.97. The summed E-state index contributed by atoms with van der Waals surface area (Å²) in [5.74, 6) is -0.902. The number of aromatic hydroxyl groups is 2. The van der Waals surface area contributed by atoms with Crippen LogP contribution in [0.3, 0.4) is 0 Å². The number of ether oxygens (including phenoxy) is 1. The lowest BCUT2D eigenvalue weighted by molar-refractivity contribution is -0.142. The van der Waals surface area contributed by atoms with Gasteiger partial charge in [-0.3, -0.25) is 4.99 Å². The number of phenols is 2. The fraction of sp³-hybridized carbons (Fsp3) is 0.263. The normalized spacial score (nSPS) is 12.1. The lowest BCUT2D eigenvalue weighted by Crippen LogP contribution is -2.23. The summed E-state index contributed by atoms with van der Waals surface area (Å²) in [6.45, 7) is 0. The number of rotatable bonds is 6. The van der Waals surface area contributed by atoms with Crippen LogP contribution in [0, 0.1) is 0 Å². The first kappa shape index (κ1) is 18.3. The van der Waals surface area contributed by atoms with E-state index in [0.717, 1.165) is 11.3 Å². The van der Waals surface area contributed by atoms with Crippen molar-refractivity contribution in [3.63, 3.8) is 0 Å². The molecule has 2 rings (SSSR count). The Labute approximate surface area is 147 Å². The number of carbonyl (C=O) groups excluding carboxylic acids is 1. The maximum absolute atomic E-state index is 12.0. The standard InChI is InChI=1S/C19H22N2O4/c1-21(2)15-7-4-13(5-8-15)12-20-16(19(24)25-3)10-14-6-9-17(22)18(23)11-14/h4-9,11-12,16,22-23H,10H2,1-3H3/t16-/m0/s1. The van der Waals surface area contributed by atoms with E-state index in [1.807, 2.05) is 43.3 Å². The maximum Gasteiger partial charge on any atom is 0.330 e. The van der Waals surface area contributed by atoms with E-state index in [1.165, 1.54) is 19.2 Å². The first-order valence-electron chi connectivity index (χ1n) is 7.80. The predicted octanol–water partition coefficient (Wildman–Crippen LogP) is 2.37. The van der Waals surface area contributed by atoms with Crippen molar-refractivity contribution in [3.05, 3.63) is 53.6 Å². The van der Waals surface area contributed by atoms with Crippen molar-refractivity contribution in [2.24, 2.45) is 4.99 Å². The molecule has 0 unspecified atom stereocenters. The van der Waals surface area contributed by atoms with Crippen LogP contribution in [0.4, 0.5) is 5.69 Å². The van der Waals surface area contributed by atoms with Gasteiger partial charge in [-0.25, -0.2) is 4.79 Å². The molecule has 0 amide bonds. The monoisotopic (exact) mass is 342 g/mol. The molecule has 25 heavy (non-hydrogen) atoms. The Balaban J connectivity index is 2.16. The maximum atomic E-state index is 12.0. The van der Waals surface area contributed by atoms with Crippen LogP contribution >= 0.6 is 0 Å². The van der Waals surface area contributed by atoms with Crippen LogP contribution in [0.2, 0.25) is 0 Å². The Bertz CT molecular complexity index is 755. The molecule has 0 saturated heterocycles. The highest BCUT2D eigenvalue weighted by molar-refractivity contribution is 5.84. The fourth-order valence-electron chi connectivity index (χ4n) is 2.29. The molecular formula is C19H22N2O4. The third-order valence-corrected chi connectivity index (χ3v) is 3.76. The van der Waals surface area contributed by atoms with Gasteiger partial charge in [0.2, 0.25) is 0 Å². The Kier molecular flexibility index (Phi) is 6.00. The summed E-state index contributed by atoms with van der Waals surface area (Å²) in [4.78, 5) is 18.3. The van der Waals surface area contributed by atoms with Gasteiger partial charge in [0.1, 0.15) is 0 Å². The molecule has 0 aromatic heterocycles. The van der Waals surface area contributed by atoms with Crippen molar-refractivity contribution in [1.29, 1.82) is 0 Å². The number of carbonyl (C=O) groups is 1. The van der Waals surface area contributed by atoms with E-state index in [-0.39, 0.29) is 17.9 Å². The van der Waals surface area contributed by atoms with Crippen molar-refractivity contribution in [1.82, 2.24) is 0 Å². The van der Waals surface area contributed by atoms with Crippen molar-refractivity contribution in [2.75, 3.05) is 26.1 Å². The molecule has 0 radical (unpaired) electrons. The van der Waals surface area contributed by atoms with E-state index in [9.17, 15) is 15.0 Å². The van der Waals surface area contributed by atoms with Crippen LogP contribution in [0.5, 0.6) is 11.5 Å². The molecule has 1 atom stereocenters.